The van der Waals surface area contributed by atoms with Gasteiger partial charge in [-0.1, -0.05) is 13.8 Å². The first-order valence-electron chi connectivity index (χ1n) is 6.71. The Balaban J connectivity index is 2.23. The van der Waals surface area contributed by atoms with Crippen molar-refractivity contribution in [3.05, 3.63) is 5.82 Å². The number of hydrogen-bond acceptors (Lipinski definition) is 5. The fourth-order valence-electron chi connectivity index (χ4n) is 2.29. The molecule has 110 valence electrons. The van der Waals surface area contributed by atoms with Crippen molar-refractivity contribution in [3.8, 4) is 0 Å². The predicted molar refractivity (Wildman–Crippen MR) is 70.2 cm³/mol. The molecule has 8 nitrogen and oxygen atoms in total. The molecule has 2 rings (SSSR count). The molecular formula is C12H20N6O2. The van der Waals surface area contributed by atoms with Crippen molar-refractivity contribution >= 4 is 11.8 Å². The molecule has 2 unspecified atom stereocenters. The van der Waals surface area contributed by atoms with Gasteiger partial charge in [0.2, 0.25) is 11.8 Å². The minimum atomic E-state index is -0.496. The van der Waals surface area contributed by atoms with Gasteiger partial charge in [0, 0.05) is 12.5 Å². The highest BCUT2D eigenvalue weighted by atomic mass is 16.2. The number of carbonyl (C=O) groups is 2. The Labute approximate surface area is 117 Å². The number of aryl methyl sites for hydroxylation is 1. The Kier molecular flexibility index (Phi) is 4.01. The van der Waals surface area contributed by atoms with Crippen LogP contribution in [-0.2, 0) is 23.2 Å². The zero-order valence-corrected chi connectivity index (χ0v) is 12.2. The van der Waals surface area contributed by atoms with Crippen LogP contribution < -0.4 is 5.32 Å². The number of nitrogens with zero attached hydrogens (tertiary/aromatic N) is 5. The van der Waals surface area contributed by atoms with Gasteiger partial charge in [-0.25, -0.2) is 0 Å². The Bertz CT molecular complexity index is 512. The van der Waals surface area contributed by atoms with E-state index in [0.717, 1.165) is 0 Å². The van der Waals surface area contributed by atoms with Crippen LogP contribution in [0.15, 0.2) is 0 Å². The van der Waals surface area contributed by atoms with Crippen molar-refractivity contribution < 1.29 is 9.59 Å². The largest absolute Gasteiger partial charge is 0.344 e. The number of tetrazole rings is 1. The second-order valence-electron chi connectivity index (χ2n) is 5.50. The summed E-state index contributed by atoms with van der Waals surface area (Å²) < 4.78 is 0. The predicted octanol–water partition coefficient (Wildman–Crippen LogP) is -0.528. The lowest BCUT2D eigenvalue weighted by Crippen LogP contribution is -2.48. The first kappa shape index (κ1) is 14.4. The summed E-state index contributed by atoms with van der Waals surface area (Å²) in [7, 11) is 1.67. The fraction of sp³-hybridized carbons (Fsp3) is 0.750. The van der Waals surface area contributed by atoms with Gasteiger partial charge >= 0.3 is 0 Å². The van der Waals surface area contributed by atoms with Gasteiger partial charge in [0.15, 0.2) is 5.82 Å². The molecule has 0 saturated carbocycles. The Morgan fingerprint density at radius 3 is 2.65 bits per heavy atom. The average molecular weight is 280 g/mol. The summed E-state index contributed by atoms with van der Waals surface area (Å²) in [6.45, 7) is 5.96. The SMILES string of the molecule is CC(C)C1NC(=O)CC(C)N(Cc2nnn(C)n2)C1=O. The lowest BCUT2D eigenvalue weighted by atomic mass is 10.0. The third-order valence-corrected chi connectivity index (χ3v) is 3.41. The van der Waals surface area contributed by atoms with Crippen LogP contribution >= 0.6 is 0 Å². The number of hydrogen-bond donors (Lipinski definition) is 1. The monoisotopic (exact) mass is 280 g/mol. The molecule has 20 heavy (non-hydrogen) atoms. The molecule has 0 aliphatic carbocycles. The van der Waals surface area contributed by atoms with E-state index < -0.39 is 6.04 Å². The average Bonchev–Trinajstić information content (AvgIpc) is 2.73. The van der Waals surface area contributed by atoms with E-state index in [1.165, 1.54) is 4.80 Å². The summed E-state index contributed by atoms with van der Waals surface area (Å²) in [6, 6.07) is -0.681. The number of rotatable bonds is 3. The highest BCUT2D eigenvalue weighted by Crippen LogP contribution is 2.17. The summed E-state index contributed by atoms with van der Waals surface area (Å²) in [5.74, 6) is 0.323. The third kappa shape index (κ3) is 2.94. The van der Waals surface area contributed by atoms with Crippen molar-refractivity contribution in [3.63, 3.8) is 0 Å². The smallest absolute Gasteiger partial charge is 0.246 e. The lowest BCUT2D eigenvalue weighted by molar-refractivity contribution is -0.136. The maximum atomic E-state index is 12.6. The number of nitrogens with one attached hydrogen (secondary N) is 1. The van der Waals surface area contributed by atoms with Crippen LogP contribution in [0, 0.1) is 5.92 Å². The molecule has 2 atom stereocenters. The van der Waals surface area contributed by atoms with Crippen LogP contribution in [-0.4, -0.2) is 49.0 Å². The van der Waals surface area contributed by atoms with Crippen molar-refractivity contribution in [2.24, 2.45) is 13.0 Å². The minimum absolute atomic E-state index is 0.0362. The Hall–Kier alpha value is -1.99. The maximum absolute atomic E-state index is 12.6. The zero-order chi connectivity index (χ0) is 14.9. The van der Waals surface area contributed by atoms with Gasteiger partial charge in [-0.2, -0.15) is 4.80 Å². The van der Waals surface area contributed by atoms with E-state index in [4.69, 9.17) is 0 Å². The van der Waals surface area contributed by atoms with Crippen LogP contribution in [0.3, 0.4) is 0 Å². The molecule has 1 aromatic heterocycles. The van der Waals surface area contributed by atoms with Crippen molar-refractivity contribution in [2.45, 2.75) is 45.8 Å². The third-order valence-electron chi connectivity index (χ3n) is 3.41. The van der Waals surface area contributed by atoms with Crippen LogP contribution in [0.1, 0.15) is 33.0 Å². The summed E-state index contributed by atoms with van der Waals surface area (Å²) in [5, 5.41) is 14.5. The van der Waals surface area contributed by atoms with Crippen LogP contribution in [0.25, 0.3) is 0 Å². The van der Waals surface area contributed by atoms with Crippen molar-refractivity contribution in [1.82, 2.24) is 30.4 Å². The second-order valence-corrected chi connectivity index (χ2v) is 5.50. The standard InChI is InChI=1S/C12H20N6O2/c1-7(2)11-12(20)18(8(3)5-10(19)13-11)6-9-14-16-17(4)15-9/h7-8,11H,5-6H2,1-4H3,(H,13,19). The molecule has 0 spiro atoms. The van der Waals surface area contributed by atoms with Gasteiger partial charge in [-0.3, -0.25) is 9.59 Å². The molecular weight excluding hydrogens is 260 g/mol. The molecule has 2 heterocycles. The first-order valence-corrected chi connectivity index (χ1v) is 6.71. The van der Waals surface area contributed by atoms with Crippen LogP contribution in [0.5, 0.6) is 0 Å². The molecule has 0 aromatic carbocycles. The molecule has 1 aliphatic rings. The van der Waals surface area contributed by atoms with E-state index in [9.17, 15) is 9.59 Å². The van der Waals surface area contributed by atoms with Crippen molar-refractivity contribution in [2.75, 3.05) is 0 Å². The van der Waals surface area contributed by atoms with E-state index in [-0.39, 0.29) is 36.7 Å². The van der Waals surface area contributed by atoms with Gasteiger partial charge in [-0.15, -0.1) is 10.2 Å². The highest BCUT2D eigenvalue weighted by molar-refractivity contribution is 5.90. The quantitative estimate of drug-likeness (QED) is 0.803. The van der Waals surface area contributed by atoms with Crippen LogP contribution in [0.4, 0.5) is 0 Å². The van der Waals surface area contributed by atoms with Gasteiger partial charge in [0.1, 0.15) is 6.04 Å². The van der Waals surface area contributed by atoms with Gasteiger partial charge in [-0.05, 0) is 18.1 Å². The van der Waals surface area contributed by atoms with E-state index in [2.05, 4.69) is 20.7 Å². The minimum Gasteiger partial charge on any atom is -0.344 e. The highest BCUT2D eigenvalue weighted by Gasteiger charge is 2.36. The summed E-state index contributed by atoms with van der Waals surface area (Å²) in [6.07, 6.45) is 0.287. The Morgan fingerprint density at radius 2 is 2.10 bits per heavy atom. The molecule has 1 N–H and O–H groups in total. The topological polar surface area (TPSA) is 93.0 Å². The molecule has 1 aliphatic heterocycles. The first-order chi connectivity index (χ1) is 9.38. The zero-order valence-electron chi connectivity index (χ0n) is 12.2. The molecule has 1 saturated heterocycles. The summed E-state index contributed by atoms with van der Waals surface area (Å²) >= 11 is 0. The summed E-state index contributed by atoms with van der Waals surface area (Å²) in [4.78, 5) is 27.4. The Morgan fingerprint density at radius 1 is 1.40 bits per heavy atom. The van der Waals surface area contributed by atoms with Crippen LogP contribution in [0.2, 0.25) is 0 Å². The van der Waals surface area contributed by atoms with E-state index in [1.807, 2.05) is 20.8 Å². The number of amides is 2. The fourth-order valence-corrected chi connectivity index (χ4v) is 2.29. The number of aromatic nitrogens is 4. The van der Waals surface area contributed by atoms with E-state index >= 15 is 0 Å². The molecule has 0 bridgehead atoms. The molecule has 8 heteroatoms. The van der Waals surface area contributed by atoms with Crippen molar-refractivity contribution in [1.29, 1.82) is 0 Å². The maximum Gasteiger partial charge on any atom is 0.246 e. The second kappa shape index (κ2) is 5.56. The normalized spacial score (nSPS) is 23.9. The molecule has 2 amide bonds. The van der Waals surface area contributed by atoms with Gasteiger partial charge in [0.25, 0.3) is 0 Å². The summed E-state index contributed by atoms with van der Waals surface area (Å²) in [5.41, 5.74) is 0. The van der Waals surface area contributed by atoms with E-state index in [1.54, 1.807) is 11.9 Å². The van der Waals surface area contributed by atoms with E-state index in [0.29, 0.717) is 5.82 Å². The number of carbonyl (C=O) groups excluding carboxylic acids is 2. The molecule has 1 aromatic rings. The lowest BCUT2D eigenvalue weighted by Gasteiger charge is -2.28. The van der Waals surface area contributed by atoms with Gasteiger partial charge < -0.3 is 10.2 Å². The molecule has 1 fully saturated rings. The van der Waals surface area contributed by atoms with Gasteiger partial charge in [0.05, 0.1) is 13.6 Å². The molecule has 0 radical (unpaired) electrons.